The van der Waals surface area contributed by atoms with Gasteiger partial charge in [0.05, 0.1) is 6.04 Å². The molecule has 0 aromatic heterocycles. The highest BCUT2D eigenvalue weighted by atomic mass is 16.3. The minimum atomic E-state index is -1.02. The zero-order valence-electron chi connectivity index (χ0n) is 13.9. The van der Waals surface area contributed by atoms with E-state index in [1.54, 1.807) is 4.90 Å². The van der Waals surface area contributed by atoms with Crippen LogP contribution in [0, 0.1) is 5.92 Å². The maximum atomic E-state index is 12.7. The van der Waals surface area contributed by atoms with Crippen molar-refractivity contribution in [3.63, 3.8) is 0 Å². The summed E-state index contributed by atoms with van der Waals surface area (Å²) in [6, 6.07) is 5.36. The van der Waals surface area contributed by atoms with Crippen LogP contribution >= 0.6 is 0 Å². The van der Waals surface area contributed by atoms with Crippen LogP contribution in [-0.4, -0.2) is 53.5 Å². The Labute approximate surface area is 145 Å². The van der Waals surface area contributed by atoms with Gasteiger partial charge in [0.2, 0.25) is 5.91 Å². The number of aliphatic hydroxyl groups is 1. The van der Waals surface area contributed by atoms with Gasteiger partial charge in [0.1, 0.15) is 12.5 Å². The number of hydrogen-bond donors (Lipinski definition) is 2. The summed E-state index contributed by atoms with van der Waals surface area (Å²) in [7, 11) is 0. The van der Waals surface area contributed by atoms with Crippen molar-refractivity contribution >= 4 is 23.8 Å². The topological polar surface area (TPSA) is 90.0 Å². The molecule has 7 heteroatoms. The van der Waals surface area contributed by atoms with Crippen LogP contribution < -0.4 is 10.2 Å². The number of nitrogens with zero attached hydrogens (tertiary/aromatic N) is 2. The molecule has 3 heterocycles. The van der Waals surface area contributed by atoms with E-state index in [0.29, 0.717) is 31.5 Å². The first-order chi connectivity index (χ1) is 12.1. The average molecular weight is 343 g/mol. The van der Waals surface area contributed by atoms with E-state index in [9.17, 15) is 19.5 Å². The number of fused-ring (bicyclic) bond motifs is 1. The van der Waals surface area contributed by atoms with Crippen LogP contribution in [0.3, 0.4) is 0 Å². The second-order valence-electron chi connectivity index (χ2n) is 7.02. The van der Waals surface area contributed by atoms with Gasteiger partial charge in [-0.05, 0) is 36.6 Å². The fraction of sp³-hybridized carbons (Fsp3) is 0.500. The molecule has 2 fully saturated rings. The minimum Gasteiger partial charge on any atom is -0.372 e. The summed E-state index contributed by atoms with van der Waals surface area (Å²) < 4.78 is 0. The summed E-state index contributed by atoms with van der Waals surface area (Å²) >= 11 is 0. The van der Waals surface area contributed by atoms with Gasteiger partial charge in [-0.25, -0.2) is 0 Å². The van der Waals surface area contributed by atoms with E-state index in [1.807, 2.05) is 18.2 Å². The summed E-state index contributed by atoms with van der Waals surface area (Å²) in [6.07, 6.45) is 1.63. The molecule has 4 rings (SSSR count). The van der Waals surface area contributed by atoms with Crippen molar-refractivity contribution in [2.45, 2.75) is 38.1 Å². The van der Waals surface area contributed by atoms with Gasteiger partial charge in [-0.15, -0.1) is 0 Å². The lowest BCUT2D eigenvalue weighted by molar-refractivity contribution is -0.129. The van der Waals surface area contributed by atoms with Crippen molar-refractivity contribution < 1.29 is 19.5 Å². The molecule has 1 aromatic rings. The first-order valence-electron chi connectivity index (χ1n) is 8.68. The number of aliphatic hydroxyl groups excluding tert-OH is 1. The Balaban J connectivity index is 1.53. The highest BCUT2D eigenvalue weighted by Crippen LogP contribution is 2.32. The molecule has 3 aliphatic rings. The second-order valence-corrected chi connectivity index (χ2v) is 7.02. The molecule has 0 spiro atoms. The van der Waals surface area contributed by atoms with Crippen molar-refractivity contribution in [2.24, 2.45) is 5.92 Å². The molecular formula is C18H21N3O4. The maximum Gasteiger partial charge on any atom is 0.254 e. The molecule has 25 heavy (non-hydrogen) atoms. The zero-order valence-corrected chi connectivity index (χ0v) is 13.9. The van der Waals surface area contributed by atoms with E-state index < -0.39 is 12.3 Å². The molecule has 2 N–H and O–H groups in total. The quantitative estimate of drug-likeness (QED) is 0.769. The van der Waals surface area contributed by atoms with Gasteiger partial charge in [0.15, 0.2) is 0 Å². The molecule has 0 bridgehead atoms. The number of amides is 2. The normalized spacial score (nSPS) is 28.9. The summed E-state index contributed by atoms with van der Waals surface area (Å²) in [5.74, 6) is -0.213. The lowest BCUT2D eigenvalue weighted by Crippen LogP contribution is -2.55. The fourth-order valence-corrected chi connectivity index (χ4v) is 4.02. The first kappa shape index (κ1) is 16.1. The molecule has 7 nitrogen and oxygen atoms in total. The molecule has 1 aromatic carbocycles. The SMILES string of the molecule is O=CC1CCN(c2ccc3c(c2)CN(C2CCC(=O)NC2O)C3=O)C1. The number of carbonyl (C=O) groups is 3. The summed E-state index contributed by atoms with van der Waals surface area (Å²) in [5.41, 5.74) is 2.61. The maximum absolute atomic E-state index is 12.7. The third-order valence-corrected chi connectivity index (χ3v) is 5.44. The monoisotopic (exact) mass is 343 g/mol. The Bertz CT molecular complexity index is 735. The molecule has 3 atom stereocenters. The van der Waals surface area contributed by atoms with Gasteiger partial charge < -0.3 is 25.0 Å². The smallest absolute Gasteiger partial charge is 0.254 e. The van der Waals surface area contributed by atoms with Crippen molar-refractivity contribution in [3.8, 4) is 0 Å². The third-order valence-electron chi connectivity index (χ3n) is 5.44. The van der Waals surface area contributed by atoms with Crippen LogP contribution in [0.2, 0.25) is 0 Å². The van der Waals surface area contributed by atoms with Gasteiger partial charge in [-0.1, -0.05) is 0 Å². The molecule has 0 saturated carbocycles. The number of anilines is 1. The van der Waals surface area contributed by atoms with E-state index >= 15 is 0 Å². The Morgan fingerprint density at radius 3 is 2.80 bits per heavy atom. The highest BCUT2D eigenvalue weighted by molar-refractivity contribution is 5.99. The Morgan fingerprint density at radius 1 is 1.24 bits per heavy atom. The summed E-state index contributed by atoms with van der Waals surface area (Å²) in [6.45, 7) is 1.99. The molecule has 3 unspecified atom stereocenters. The van der Waals surface area contributed by atoms with Crippen molar-refractivity contribution in [1.82, 2.24) is 10.2 Å². The average Bonchev–Trinajstić information content (AvgIpc) is 3.20. The van der Waals surface area contributed by atoms with E-state index in [2.05, 4.69) is 10.2 Å². The van der Waals surface area contributed by atoms with E-state index in [4.69, 9.17) is 0 Å². The zero-order chi connectivity index (χ0) is 17.6. The third kappa shape index (κ3) is 2.78. The Morgan fingerprint density at radius 2 is 2.08 bits per heavy atom. The van der Waals surface area contributed by atoms with Crippen LogP contribution in [-0.2, 0) is 16.1 Å². The minimum absolute atomic E-state index is 0.0763. The molecule has 3 aliphatic heterocycles. The number of aldehydes is 1. The highest BCUT2D eigenvalue weighted by Gasteiger charge is 2.39. The number of nitrogens with one attached hydrogen (secondary N) is 1. The standard InChI is InChI=1S/C18H21N3O4/c22-10-11-5-6-20(8-11)13-1-2-14-12(7-13)9-21(18(14)25)15-3-4-16(23)19-17(15)24/h1-2,7,10-11,15,17,24H,3-6,8-9H2,(H,19,23). The predicted octanol–water partition coefficient (Wildman–Crippen LogP) is 0.265. The van der Waals surface area contributed by atoms with Gasteiger partial charge in [-0.2, -0.15) is 0 Å². The Hall–Kier alpha value is -2.41. The summed E-state index contributed by atoms with van der Waals surface area (Å²) in [4.78, 5) is 38.8. The van der Waals surface area contributed by atoms with Crippen molar-refractivity contribution in [1.29, 1.82) is 0 Å². The lowest BCUT2D eigenvalue weighted by atomic mass is 10.0. The van der Waals surface area contributed by atoms with E-state index in [1.165, 1.54) is 0 Å². The predicted molar refractivity (Wildman–Crippen MR) is 89.9 cm³/mol. The fourth-order valence-electron chi connectivity index (χ4n) is 4.02. The number of piperidine rings is 1. The number of rotatable bonds is 3. The summed E-state index contributed by atoms with van der Waals surface area (Å²) in [5, 5.41) is 12.6. The van der Waals surface area contributed by atoms with E-state index in [-0.39, 0.29) is 17.7 Å². The van der Waals surface area contributed by atoms with Crippen LogP contribution in [0.15, 0.2) is 18.2 Å². The van der Waals surface area contributed by atoms with E-state index in [0.717, 1.165) is 30.5 Å². The van der Waals surface area contributed by atoms with Gasteiger partial charge in [-0.3, -0.25) is 9.59 Å². The van der Waals surface area contributed by atoms with Crippen molar-refractivity contribution in [3.05, 3.63) is 29.3 Å². The first-order valence-corrected chi connectivity index (χ1v) is 8.68. The van der Waals surface area contributed by atoms with Crippen LogP contribution in [0.1, 0.15) is 35.2 Å². The van der Waals surface area contributed by atoms with Crippen molar-refractivity contribution in [2.75, 3.05) is 18.0 Å². The second kappa shape index (κ2) is 6.15. The van der Waals surface area contributed by atoms with Crippen LogP contribution in [0.25, 0.3) is 0 Å². The molecular weight excluding hydrogens is 322 g/mol. The van der Waals surface area contributed by atoms with Crippen LogP contribution in [0.5, 0.6) is 0 Å². The Kier molecular flexibility index (Phi) is 3.95. The molecule has 0 radical (unpaired) electrons. The number of carbonyl (C=O) groups excluding carboxylic acids is 3. The van der Waals surface area contributed by atoms with Gasteiger partial charge in [0.25, 0.3) is 5.91 Å². The molecule has 2 amide bonds. The van der Waals surface area contributed by atoms with Gasteiger partial charge >= 0.3 is 0 Å². The molecule has 0 aliphatic carbocycles. The van der Waals surface area contributed by atoms with Gasteiger partial charge in [0, 0.05) is 43.2 Å². The lowest BCUT2D eigenvalue weighted by Gasteiger charge is -2.35. The molecule has 2 saturated heterocycles. The molecule has 132 valence electrons. The number of benzene rings is 1. The van der Waals surface area contributed by atoms with Crippen LogP contribution in [0.4, 0.5) is 5.69 Å². The number of hydrogen-bond acceptors (Lipinski definition) is 5. The largest absolute Gasteiger partial charge is 0.372 e.